The molecule has 0 aromatic heterocycles. The molecule has 0 heterocycles. The standard InChI is InChI=1S/C16H30/c1-11-8-9-12(2)15(10-11)16-13(3)6-5-7-14(16)4/h11-16H,5-10H2,1-4H3. The first kappa shape index (κ1) is 12.5. The van der Waals surface area contributed by atoms with Gasteiger partial charge < -0.3 is 0 Å². The largest absolute Gasteiger partial charge is 0.0625 e. The van der Waals surface area contributed by atoms with Crippen molar-refractivity contribution in [1.29, 1.82) is 0 Å². The molecule has 0 nitrogen and oxygen atoms in total. The second kappa shape index (κ2) is 5.10. The Morgan fingerprint density at radius 2 is 1.31 bits per heavy atom. The van der Waals surface area contributed by atoms with Crippen LogP contribution in [-0.4, -0.2) is 0 Å². The number of hydrogen-bond acceptors (Lipinski definition) is 0. The lowest BCUT2D eigenvalue weighted by molar-refractivity contribution is 0.0401. The van der Waals surface area contributed by atoms with Gasteiger partial charge in [-0.15, -0.1) is 0 Å². The normalized spacial score (nSPS) is 50.2. The Labute approximate surface area is 102 Å². The number of rotatable bonds is 1. The third kappa shape index (κ3) is 2.46. The van der Waals surface area contributed by atoms with Gasteiger partial charge in [0.25, 0.3) is 0 Å². The average Bonchev–Trinajstić information content (AvgIpc) is 2.23. The maximum absolute atomic E-state index is 2.52. The Morgan fingerprint density at radius 3 is 1.94 bits per heavy atom. The van der Waals surface area contributed by atoms with E-state index in [-0.39, 0.29) is 0 Å². The van der Waals surface area contributed by atoms with Gasteiger partial charge in [-0.25, -0.2) is 0 Å². The summed E-state index contributed by atoms with van der Waals surface area (Å²) >= 11 is 0. The van der Waals surface area contributed by atoms with Gasteiger partial charge in [0.2, 0.25) is 0 Å². The quantitative estimate of drug-likeness (QED) is 0.577. The van der Waals surface area contributed by atoms with Crippen molar-refractivity contribution in [2.75, 3.05) is 0 Å². The van der Waals surface area contributed by atoms with Crippen molar-refractivity contribution in [1.82, 2.24) is 0 Å². The van der Waals surface area contributed by atoms with E-state index < -0.39 is 0 Å². The summed E-state index contributed by atoms with van der Waals surface area (Å²) in [6.07, 6.45) is 8.95. The van der Waals surface area contributed by atoms with Gasteiger partial charge >= 0.3 is 0 Å². The smallest absolute Gasteiger partial charge is 0.0332 e. The van der Waals surface area contributed by atoms with Crippen molar-refractivity contribution >= 4 is 0 Å². The summed E-state index contributed by atoms with van der Waals surface area (Å²) < 4.78 is 0. The average molecular weight is 222 g/mol. The topological polar surface area (TPSA) is 0 Å². The summed E-state index contributed by atoms with van der Waals surface area (Å²) in [6.45, 7) is 10.0. The molecule has 2 rings (SSSR count). The van der Waals surface area contributed by atoms with Gasteiger partial charge in [0.05, 0.1) is 0 Å². The van der Waals surface area contributed by atoms with Crippen molar-refractivity contribution in [3.05, 3.63) is 0 Å². The Bertz CT molecular complexity index is 210. The fraction of sp³-hybridized carbons (Fsp3) is 1.00. The van der Waals surface area contributed by atoms with E-state index in [1.165, 1.54) is 38.5 Å². The highest BCUT2D eigenvalue weighted by molar-refractivity contribution is 4.88. The molecule has 2 aliphatic rings. The van der Waals surface area contributed by atoms with Gasteiger partial charge in [-0.1, -0.05) is 59.8 Å². The molecule has 0 radical (unpaired) electrons. The molecule has 2 fully saturated rings. The summed E-state index contributed by atoms with van der Waals surface area (Å²) in [5, 5.41) is 0. The highest BCUT2D eigenvalue weighted by Crippen LogP contribution is 2.47. The minimum Gasteiger partial charge on any atom is -0.0625 e. The molecule has 5 unspecified atom stereocenters. The molecular formula is C16H30. The summed E-state index contributed by atoms with van der Waals surface area (Å²) in [5.74, 6) is 6.02. The molecule has 0 spiro atoms. The summed E-state index contributed by atoms with van der Waals surface area (Å²) in [4.78, 5) is 0. The maximum Gasteiger partial charge on any atom is -0.0332 e. The van der Waals surface area contributed by atoms with E-state index in [1.807, 2.05) is 0 Å². The molecule has 0 aromatic carbocycles. The van der Waals surface area contributed by atoms with Crippen LogP contribution in [0.3, 0.4) is 0 Å². The van der Waals surface area contributed by atoms with Crippen LogP contribution in [0, 0.1) is 35.5 Å². The lowest BCUT2D eigenvalue weighted by Crippen LogP contribution is -2.37. The van der Waals surface area contributed by atoms with Crippen LogP contribution in [0.25, 0.3) is 0 Å². The second-order valence-corrected chi connectivity index (χ2v) is 7.02. The zero-order valence-corrected chi connectivity index (χ0v) is 11.7. The Hall–Kier alpha value is 0. The van der Waals surface area contributed by atoms with Gasteiger partial charge in [0.15, 0.2) is 0 Å². The molecule has 0 N–H and O–H groups in total. The molecule has 2 saturated carbocycles. The van der Waals surface area contributed by atoms with Crippen LogP contribution >= 0.6 is 0 Å². The zero-order valence-electron chi connectivity index (χ0n) is 11.7. The first-order chi connectivity index (χ1) is 7.59. The first-order valence-corrected chi connectivity index (χ1v) is 7.59. The summed E-state index contributed by atoms with van der Waals surface area (Å²) in [7, 11) is 0. The molecule has 94 valence electrons. The van der Waals surface area contributed by atoms with Gasteiger partial charge in [-0.05, 0) is 41.9 Å². The molecule has 0 amide bonds. The molecule has 0 aliphatic heterocycles. The molecule has 0 bridgehead atoms. The predicted molar refractivity (Wildman–Crippen MR) is 71.3 cm³/mol. The van der Waals surface area contributed by atoms with E-state index >= 15 is 0 Å². The lowest BCUT2D eigenvalue weighted by Gasteiger charge is -2.46. The molecule has 5 atom stereocenters. The highest BCUT2D eigenvalue weighted by atomic mass is 14.4. The third-order valence-electron chi connectivity index (χ3n) is 5.65. The van der Waals surface area contributed by atoms with Crippen molar-refractivity contribution in [2.45, 2.75) is 66.2 Å². The fourth-order valence-electron chi connectivity index (χ4n) is 4.66. The molecule has 16 heavy (non-hydrogen) atoms. The van der Waals surface area contributed by atoms with Crippen LogP contribution in [0.4, 0.5) is 0 Å². The van der Waals surface area contributed by atoms with E-state index in [4.69, 9.17) is 0 Å². The van der Waals surface area contributed by atoms with E-state index in [1.54, 1.807) is 0 Å². The van der Waals surface area contributed by atoms with E-state index in [0.717, 1.165) is 35.5 Å². The maximum atomic E-state index is 2.52. The number of hydrogen-bond donors (Lipinski definition) is 0. The van der Waals surface area contributed by atoms with E-state index in [0.29, 0.717) is 0 Å². The molecule has 2 aliphatic carbocycles. The fourth-order valence-corrected chi connectivity index (χ4v) is 4.66. The molecular weight excluding hydrogens is 192 g/mol. The Balaban J connectivity index is 2.07. The van der Waals surface area contributed by atoms with Crippen LogP contribution in [-0.2, 0) is 0 Å². The Morgan fingerprint density at radius 1 is 0.688 bits per heavy atom. The van der Waals surface area contributed by atoms with Gasteiger partial charge in [0, 0.05) is 0 Å². The van der Waals surface area contributed by atoms with Crippen LogP contribution in [0.5, 0.6) is 0 Å². The zero-order chi connectivity index (χ0) is 11.7. The van der Waals surface area contributed by atoms with Crippen LogP contribution < -0.4 is 0 Å². The van der Waals surface area contributed by atoms with E-state index in [2.05, 4.69) is 27.7 Å². The first-order valence-electron chi connectivity index (χ1n) is 7.59. The lowest BCUT2D eigenvalue weighted by atomic mass is 9.60. The monoisotopic (exact) mass is 222 g/mol. The van der Waals surface area contributed by atoms with Crippen LogP contribution in [0.2, 0.25) is 0 Å². The second-order valence-electron chi connectivity index (χ2n) is 7.02. The minimum atomic E-state index is 0.987. The SMILES string of the molecule is CC1CCC(C)C(C2C(C)CCCC2C)C1. The van der Waals surface area contributed by atoms with Gasteiger partial charge in [0.1, 0.15) is 0 Å². The van der Waals surface area contributed by atoms with E-state index in [9.17, 15) is 0 Å². The van der Waals surface area contributed by atoms with Crippen LogP contribution in [0.15, 0.2) is 0 Å². The van der Waals surface area contributed by atoms with Crippen molar-refractivity contribution in [3.63, 3.8) is 0 Å². The summed E-state index contributed by atoms with van der Waals surface area (Å²) in [5.41, 5.74) is 0. The van der Waals surface area contributed by atoms with Crippen molar-refractivity contribution < 1.29 is 0 Å². The predicted octanol–water partition coefficient (Wildman–Crippen LogP) is 5.13. The molecule has 0 heteroatoms. The molecule has 0 aromatic rings. The minimum absolute atomic E-state index is 0.987. The van der Waals surface area contributed by atoms with Crippen molar-refractivity contribution in [2.24, 2.45) is 35.5 Å². The highest BCUT2D eigenvalue weighted by Gasteiger charge is 2.38. The summed E-state index contributed by atoms with van der Waals surface area (Å²) in [6, 6.07) is 0. The van der Waals surface area contributed by atoms with Crippen LogP contribution in [0.1, 0.15) is 66.2 Å². The van der Waals surface area contributed by atoms with Crippen molar-refractivity contribution in [3.8, 4) is 0 Å². The van der Waals surface area contributed by atoms with Gasteiger partial charge in [-0.3, -0.25) is 0 Å². The third-order valence-corrected chi connectivity index (χ3v) is 5.65. The van der Waals surface area contributed by atoms with Gasteiger partial charge in [-0.2, -0.15) is 0 Å². The Kier molecular flexibility index (Phi) is 3.97. The molecule has 0 saturated heterocycles.